The first-order chi connectivity index (χ1) is 11.2. The summed E-state index contributed by atoms with van der Waals surface area (Å²) >= 11 is 0. The Morgan fingerprint density at radius 1 is 1.54 bits per heavy atom. The number of nitrogens with zero attached hydrogens (tertiary/aromatic N) is 2. The van der Waals surface area contributed by atoms with Crippen molar-refractivity contribution in [3.63, 3.8) is 0 Å². The van der Waals surface area contributed by atoms with E-state index in [1.165, 1.54) is 6.92 Å². The molecule has 1 fully saturated rings. The zero-order chi connectivity index (χ0) is 18.5. The van der Waals surface area contributed by atoms with Gasteiger partial charge in [0.2, 0.25) is 5.91 Å². The molecule has 3 N–H and O–H groups in total. The van der Waals surface area contributed by atoms with E-state index in [1.807, 2.05) is 26.0 Å². The number of aliphatic hydroxyl groups is 1. The number of likely N-dealkylation sites (tertiary alicyclic amines) is 1. The number of rotatable bonds is 6. The lowest BCUT2D eigenvalue weighted by Crippen LogP contribution is -2.62. The maximum atomic E-state index is 11.8. The van der Waals surface area contributed by atoms with E-state index in [0.717, 1.165) is 4.90 Å². The summed E-state index contributed by atoms with van der Waals surface area (Å²) in [5, 5.41) is 32.6. The van der Waals surface area contributed by atoms with Crippen LogP contribution in [0.2, 0.25) is 0 Å². The second-order valence-electron chi connectivity index (χ2n) is 6.54. The van der Waals surface area contributed by atoms with E-state index in [9.17, 15) is 25.1 Å². The molecule has 2 amide bonds. The molecule has 0 aromatic carbocycles. The van der Waals surface area contributed by atoms with Crippen molar-refractivity contribution >= 4 is 12.0 Å². The third kappa shape index (κ3) is 4.26. The molecular formula is C17H27N3O4. The average Bonchev–Trinajstić information content (AvgIpc) is 2.83. The van der Waals surface area contributed by atoms with Crippen LogP contribution < -0.4 is 5.32 Å². The molecular weight excluding hydrogens is 310 g/mol. The van der Waals surface area contributed by atoms with Gasteiger partial charge in [0.05, 0.1) is 23.8 Å². The van der Waals surface area contributed by atoms with Crippen molar-refractivity contribution in [2.24, 2.45) is 5.92 Å². The van der Waals surface area contributed by atoms with Gasteiger partial charge in [0.1, 0.15) is 6.04 Å². The zero-order valence-corrected chi connectivity index (χ0v) is 14.7. The third-order valence-electron chi connectivity index (χ3n) is 4.53. The van der Waals surface area contributed by atoms with Crippen LogP contribution in [0.5, 0.6) is 0 Å². The van der Waals surface area contributed by atoms with Crippen LogP contribution in [0.1, 0.15) is 47.0 Å². The monoisotopic (exact) mass is 337 g/mol. The van der Waals surface area contributed by atoms with Crippen molar-refractivity contribution < 1.29 is 19.8 Å². The molecule has 0 saturated carbocycles. The second-order valence-corrected chi connectivity index (χ2v) is 6.54. The predicted molar refractivity (Wildman–Crippen MR) is 89.1 cm³/mol. The Hall–Kier alpha value is -2.07. The number of carbonyl (C=O) groups is 2. The summed E-state index contributed by atoms with van der Waals surface area (Å²) in [6, 6.07) is -0.282. The topological polar surface area (TPSA) is 114 Å². The molecule has 0 aromatic rings. The smallest absolute Gasteiger partial charge is 0.408 e. The average molecular weight is 337 g/mol. The Kier molecular flexibility index (Phi) is 6.79. The number of carboxylic acid groups (broad SMARTS) is 1. The fourth-order valence-electron chi connectivity index (χ4n) is 3.64. The van der Waals surface area contributed by atoms with Crippen molar-refractivity contribution in [2.45, 2.75) is 70.7 Å². The highest BCUT2D eigenvalue weighted by molar-refractivity contribution is 5.74. The number of amides is 2. The van der Waals surface area contributed by atoms with Gasteiger partial charge in [0.25, 0.3) is 0 Å². The Balaban J connectivity index is 3.38. The Morgan fingerprint density at radius 3 is 2.58 bits per heavy atom. The molecule has 1 heterocycles. The maximum Gasteiger partial charge on any atom is 0.408 e. The first-order valence-corrected chi connectivity index (χ1v) is 8.22. The highest BCUT2D eigenvalue weighted by Crippen LogP contribution is 2.37. The summed E-state index contributed by atoms with van der Waals surface area (Å²) in [4.78, 5) is 24.5. The zero-order valence-electron chi connectivity index (χ0n) is 14.7. The lowest BCUT2D eigenvalue weighted by atomic mass is 9.81. The fourth-order valence-corrected chi connectivity index (χ4v) is 3.64. The van der Waals surface area contributed by atoms with Crippen LogP contribution in [-0.2, 0) is 4.79 Å². The summed E-state index contributed by atoms with van der Waals surface area (Å²) in [5.74, 6) is -0.600. The molecule has 1 aliphatic rings. The summed E-state index contributed by atoms with van der Waals surface area (Å²) < 4.78 is 0. The molecule has 0 aliphatic carbocycles. The van der Waals surface area contributed by atoms with Gasteiger partial charge >= 0.3 is 6.09 Å². The minimum atomic E-state index is -1.29. The van der Waals surface area contributed by atoms with E-state index < -0.39 is 29.8 Å². The number of nitriles is 1. The fraction of sp³-hybridized carbons (Fsp3) is 0.706. The quantitative estimate of drug-likeness (QED) is 0.640. The molecule has 7 heteroatoms. The molecule has 0 spiro atoms. The van der Waals surface area contributed by atoms with Crippen LogP contribution in [0.4, 0.5) is 4.79 Å². The molecule has 1 saturated heterocycles. The number of nitrogens with one attached hydrogen (secondary N) is 1. The van der Waals surface area contributed by atoms with Gasteiger partial charge in [-0.05, 0) is 26.7 Å². The number of hydrogen-bond donors (Lipinski definition) is 3. The molecule has 1 aliphatic heterocycles. The lowest BCUT2D eigenvalue weighted by Gasteiger charge is -2.41. The van der Waals surface area contributed by atoms with Crippen molar-refractivity contribution in [1.82, 2.24) is 10.2 Å². The molecule has 0 radical (unpaired) electrons. The van der Waals surface area contributed by atoms with E-state index >= 15 is 0 Å². The SMILES string of the molecule is CC=C[C@@H]1C[C@H](C#N)N(C(=O)O)[C@H]1[C@@H](NC(C)=O)[C@@](C)(O)CCC. The standard InChI is InChI=1S/C17H27N3O4/c1-5-7-12-9-13(10-18)20(16(22)23)14(12)15(19-11(3)21)17(4,24)8-6-2/h5,7,12-15,24H,6,8-9H2,1-4H3,(H,19,21)(H,22,23)/t12-,13-,14-,15-,17+/m1/s1. The first-order valence-electron chi connectivity index (χ1n) is 8.22. The van der Waals surface area contributed by atoms with Gasteiger partial charge < -0.3 is 15.5 Å². The van der Waals surface area contributed by atoms with Crippen LogP contribution in [0, 0.1) is 17.2 Å². The highest BCUT2D eigenvalue weighted by Gasteiger charge is 2.51. The Bertz CT molecular complexity index is 538. The van der Waals surface area contributed by atoms with Crippen molar-refractivity contribution in [3.8, 4) is 6.07 Å². The largest absolute Gasteiger partial charge is 0.465 e. The van der Waals surface area contributed by atoms with Crippen LogP contribution in [0.15, 0.2) is 12.2 Å². The molecule has 5 atom stereocenters. The van der Waals surface area contributed by atoms with Gasteiger partial charge in [-0.25, -0.2) is 4.79 Å². The minimum absolute atomic E-state index is 0.254. The van der Waals surface area contributed by atoms with E-state index in [0.29, 0.717) is 19.3 Å². The molecule has 0 unspecified atom stereocenters. The normalized spacial score (nSPS) is 27.5. The Morgan fingerprint density at radius 2 is 2.17 bits per heavy atom. The van der Waals surface area contributed by atoms with E-state index in [1.54, 1.807) is 13.0 Å². The highest BCUT2D eigenvalue weighted by atomic mass is 16.4. The summed E-state index contributed by atoms with van der Waals surface area (Å²) in [5.41, 5.74) is -1.29. The van der Waals surface area contributed by atoms with E-state index in [-0.39, 0.29) is 11.8 Å². The van der Waals surface area contributed by atoms with Crippen molar-refractivity contribution in [2.75, 3.05) is 0 Å². The first kappa shape index (κ1) is 20.0. The van der Waals surface area contributed by atoms with Crippen molar-refractivity contribution in [1.29, 1.82) is 5.26 Å². The predicted octanol–water partition coefficient (Wildman–Crippen LogP) is 1.88. The summed E-state index contributed by atoms with van der Waals surface area (Å²) in [6.07, 6.45) is 3.85. The van der Waals surface area contributed by atoms with Gasteiger partial charge in [-0.2, -0.15) is 5.26 Å². The van der Waals surface area contributed by atoms with Crippen LogP contribution in [0.3, 0.4) is 0 Å². The van der Waals surface area contributed by atoms with Crippen LogP contribution in [0.25, 0.3) is 0 Å². The molecule has 0 bridgehead atoms. The molecule has 134 valence electrons. The minimum Gasteiger partial charge on any atom is -0.465 e. The summed E-state index contributed by atoms with van der Waals surface area (Å²) in [6.45, 7) is 6.66. The molecule has 1 rings (SSSR count). The summed E-state index contributed by atoms with van der Waals surface area (Å²) in [7, 11) is 0. The van der Waals surface area contributed by atoms with Gasteiger partial charge in [-0.1, -0.05) is 25.5 Å². The van der Waals surface area contributed by atoms with Crippen LogP contribution in [-0.4, -0.2) is 50.8 Å². The van der Waals surface area contributed by atoms with Gasteiger partial charge in [0.15, 0.2) is 0 Å². The van der Waals surface area contributed by atoms with E-state index in [2.05, 4.69) is 5.32 Å². The number of hydrogen-bond acceptors (Lipinski definition) is 4. The molecule has 7 nitrogen and oxygen atoms in total. The van der Waals surface area contributed by atoms with Gasteiger partial charge in [-0.3, -0.25) is 9.69 Å². The van der Waals surface area contributed by atoms with Crippen molar-refractivity contribution in [3.05, 3.63) is 12.2 Å². The number of carbonyl (C=O) groups excluding carboxylic acids is 1. The van der Waals surface area contributed by atoms with Gasteiger partial charge in [-0.15, -0.1) is 0 Å². The van der Waals surface area contributed by atoms with Crippen LogP contribution >= 0.6 is 0 Å². The Labute approximate surface area is 142 Å². The third-order valence-corrected chi connectivity index (χ3v) is 4.53. The molecule has 0 aromatic heterocycles. The lowest BCUT2D eigenvalue weighted by molar-refractivity contribution is -0.123. The maximum absolute atomic E-state index is 11.8. The molecule has 24 heavy (non-hydrogen) atoms. The van der Waals surface area contributed by atoms with Gasteiger partial charge in [0, 0.05) is 12.8 Å². The van der Waals surface area contributed by atoms with E-state index in [4.69, 9.17) is 0 Å². The number of allylic oxidation sites excluding steroid dienone is 1. The second kappa shape index (κ2) is 8.15.